The molecule has 4 rings (SSSR count). The zero-order valence-corrected chi connectivity index (χ0v) is 15.6. The molecular weight excluding hydrogens is 362 g/mol. The number of aromatic nitrogens is 2. The quantitative estimate of drug-likeness (QED) is 0.642. The third-order valence-electron chi connectivity index (χ3n) is 4.83. The first kappa shape index (κ1) is 18.0. The lowest BCUT2D eigenvalue weighted by Gasteiger charge is -2.17. The predicted molar refractivity (Wildman–Crippen MR) is 101 cm³/mol. The molecule has 1 aliphatic rings. The summed E-state index contributed by atoms with van der Waals surface area (Å²) in [4.78, 5) is 43.8. The number of benzene rings is 1. The molecule has 0 unspecified atom stereocenters. The second kappa shape index (κ2) is 6.95. The van der Waals surface area contributed by atoms with Gasteiger partial charge in [-0.1, -0.05) is 18.2 Å². The third kappa shape index (κ3) is 2.87. The SMILES string of the molecule is CCOC(=O)c1c(C)oc2ncn(CC(=O)N3CCc4ccccc43)c(=O)c12. The van der Waals surface area contributed by atoms with Crippen molar-refractivity contribution in [1.82, 2.24) is 9.55 Å². The van der Waals surface area contributed by atoms with Gasteiger partial charge in [0.25, 0.3) is 5.56 Å². The molecule has 0 saturated heterocycles. The van der Waals surface area contributed by atoms with Gasteiger partial charge < -0.3 is 14.1 Å². The molecule has 0 saturated carbocycles. The summed E-state index contributed by atoms with van der Waals surface area (Å²) in [5.74, 6) is -0.600. The Balaban J connectivity index is 1.69. The normalized spacial score (nSPS) is 13.0. The number of amides is 1. The monoisotopic (exact) mass is 381 g/mol. The van der Waals surface area contributed by atoms with Crippen molar-refractivity contribution in [3.05, 3.63) is 57.8 Å². The maximum absolute atomic E-state index is 13.0. The second-order valence-corrected chi connectivity index (χ2v) is 6.54. The Bertz CT molecular complexity index is 1140. The van der Waals surface area contributed by atoms with Gasteiger partial charge in [0.2, 0.25) is 11.6 Å². The topological polar surface area (TPSA) is 94.6 Å². The predicted octanol–water partition coefficient (Wildman–Crippen LogP) is 2.06. The summed E-state index contributed by atoms with van der Waals surface area (Å²) in [6.45, 7) is 3.82. The lowest BCUT2D eigenvalue weighted by molar-refractivity contribution is -0.119. The van der Waals surface area contributed by atoms with E-state index in [1.54, 1.807) is 18.7 Å². The number of ether oxygens (including phenoxy) is 1. The number of anilines is 1. The van der Waals surface area contributed by atoms with E-state index < -0.39 is 11.5 Å². The molecule has 0 spiro atoms. The van der Waals surface area contributed by atoms with E-state index in [1.165, 1.54) is 10.9 Å². The van der Waals surface area contributed by atoms with Crippen molar-refractivity contribution in [3.8, 4) is 0 Å². The number of fused-ring (bicyclic) bond motifs is 2. The molecule has 0 N–H and O–H groups in total. The van der Waals surface area contributed by atoms with Crippen molar-refractivity contribution in [2.75, 3.05) is 18.1 Å². The average Bonchev–Trinajstić information content (AvgIpc) is 3.25. The highest BCUT2D eigenvalue weighted by Crippen LogP contribution is 2.27. The highest BCUT2D eigenvalue weighted by molar-refractivity contribution is 6.03. The summed E-state index contributed by atoms with van der Waals surface area (Å²) in [5, 5.41) is 0.0353. The van der Waals surface area contributed by atoms with E-state index in [-0.39, 0.29) is 41.5 Å². The lowest BCUT2D eigenvalue weighted by atomic mass is 10.2. The van der Waals surface area contributed by atoms with Crippen LogP contribution in [-0.4, -0.2) is 34.6 Å². The first-order chi connectivity index (χ1) is 13.5. The number of hydrogen-bond donors (Lipinski definition) is 0. The minimum absolute atomic E-state index is 0.0353. The Labute approximate surface area is 160 Å². The molecule has 1 aromatic carbocycles. The van der Waals surface area contributed by atoms with Gasteiger partial charge in [-0.15, -0.1) is 0 Å². The van der Waals surface area contributed by atoms with Gasteiger partial charge in [0.15, 0.2) is 0 Å². The molecular formula is C20H19N3O5. The Morgan fingerprint density at radius 3 is 2.86 bits per heavy atom. The van der Waals surface area contributed by atoms with Crippen LogP contribution in [0, 0.1) is 6.92 Å². The Hall–Kier alpha value is -3.42. The summed E-state index contributed by atoms with van der Waals surface area (Å²) in [6, 6.07) is 7.70. The van der Waals surface area contributed by atoms with Gasteiger partial charge in [-0.2, -0.15) is 0 Å². The van der Waals surface area contributed by atoms with E-state index in [0.717, 1.165) is 17.7 Å². The van der Waals surface area contributed by atoms with Gasteiger partial charge in [-0.25, -0.2) is 9.78 Å². The van der Waals surface area contributed by atoms with E-state index in [2.05, 4.69) is 4.98 Å². The fourth-order valence-corrected chi connectivity index (χ4v) is 3.53. The minimum atomic E-state index is -0.643. The van der Waals surface area contributed by atoms with Crippen LogP contribution in [-0.2, 0) is 22.5 Å². The molecule has 0 aliphatic carbocycles. The van der Waals surface area contributed by atoms with Crippen LogP contribution in [0.3, 0.4) is 0 Å². The van der Waals surface area contributed by atoms with E-state index in [4.69, 9.17) is 9.15 Å². The Morgan fingerprint density at radius 1 is 1.29 bits per heavy atom. The van der Waals surface area contributed by atoms with Crippen LogP contribution >= 0.6 is 0 Å². The smallest absolute Gasteiger partial charge is 0.342 e. The zero-order valence-electron chi connectivity index (χ0n) is 15.6. The van der Waals surface area contributed by atoms with Gasteiger partial charge in [-0.05, 0) is 31.9 Å². The van der Waals surface area contributed by atoms with E-state index in [0.29, 0.717) is 6.54 Å². The molecule has 0 radical (unpaired) electrons. The molecule has 144 valence electrons. The summed E-state index contributed by atoms with van der Waals surface area (Å²) in [6.07, 6.45) is 2.05. The van der Waals surface area contributed by atoms with Crippen LogP contribution in [0.1, 0.15) is 28.6 Å². The number of nitrogens with zero attached hydrogens (tertiary/aromatic N) is 3. The minimum Gasteiger partial charge on any atom is -0.462 e. The maximum Gasteiger partial charge on any atom is 0.342 e. The molecule has 1 aliphatic heterocycles. The first-order valence-corrected chi connectivity index (χ1v) is 9.05. The van der Waals surface area contributed by atoms with Crippen molar-refractivity contribution >= 4 is 28.7 Å². The standard InChI is InChI=1S/C20H19N3O5/c1-3-27-20(26)16-12(2)28-18-17(16)19(25)22(11-21-18)10-15(24)23-9-8-13-6-4-5-7-14(13)23/h4-7,11H,3,8-10H2,1-2H3. The Morgan fingerprint density at radius 2 is 2.07 bits per heavy atom. The van der Waals surface area contributed by atoms with Crippen molar-refractivity contribution in [3.63, 3.8) is 0 Å². The molecule has 0 fully saturated rings. The zero-order chi connectivity index (χ0) is 19.8. The van der Waals surface area contributed by atoms with Crippen LogP contribution in [0.25, 0.3) is 11.1 Å². The average molecular weight is 381 g/mol. The number of rotatable bonds is 4. The summed E-state index contributed by atoms with van der Waals surface area (Å²) >= 11 is 0. The summed E-state index contributed by atoms with van der Waals surface area (Å²) < 4.78 is 11.7. The van der Waals surface area contributed by atoms with E-state index in [1.807, 2.05) is 24.3 Å². The lowest BCUT2D eigenvalue weighted by Crippen LogP contribution is -2.35. The van der Waals surface area contributed by atoms with Crippen LogP contribution in [0.2, 0.25) is 0 Å². The number of carbonyl (C=O) groups excluding carboxylic acids is 2. The van der Waals surface area contributed by atoms with Crippen molar-refractivity contribution in [2.45, 2.75) is 26.8 Å². The van der Waals surface area contributed by atoms with Crippen LogP contribution < -0.4 is 10.5 Å². The molecule has 1 amide bonds. The van der Waals surface area contributed by atoms with E-state index in [9.17, 15) is 14.4 Å². The van der Waals surface area contributed by atoms with Crippen LogP contribution in [0.15, 0.2) is 39.8 Å². The number of carbonyl (C=O) groups is 2. The van der Waals surface area contributed by atoms with Crippen molar-refractivity contribution in [2.24, 2.45) is 0 Å². The van der Waals surface area contributed by atoms with Crippen molar-refractivity contribution in [1.29, 1.82) is 0 Å². The number of esters is 1. The largest absolute Gasteiger partial charge is 0.462 e. The number of aryl methyl sites for hydroxylation is 1. The fourth-order valence-electron chi connectivity index (χ4n) is 3.53. The summed E-state index contributed by atoms with van der Waals surface area (Å²) in [5.41, 5.74) is 1.57. The molecule has 8 nitrogen and oxygen atoms in total. The summed E-state index contributed by atoms with van der Waals surface area (Å²) in [7, 11) is 0. The van der Waals surface area contributed by atoms with Gasteiger partial charge in [0, 0.05) is 12.2 Å². The van der Waals surface area contributed by atoms with Gasteiger partial charge >= 0.3 is 5.97 Å². The van der Waals surface area contributed by atoms with Gasteiger partial charge in [0.1, 0.15) is 29.6 Å². The number of para-hydroxylation sites is 1. The highest BCUT2D eigenvalue weighted by atomic mass is 16.5. The highest BCUT2D eigenvalue weighted by Gasteiger charge is 2.27. The molecule has 0 atom stereocenters. The van der Waals surface area contributed by atoms with E-state index >= 15 is 0 Å². The first-order valence-electron chi connectivity index (χ1n) is 9.05. The van der Waals surface area contributed by atoms with Gasteiger partial charge in [-0.3, -0.25) is 14.2 Å². The number of hydrogen-bond acceptors (Lipinski definition) is 6. The third-order valence-corrected chi connectivity index (χ3v) is 4.83. The number of furan rings is 1. The van der Waals surface area contributed by atoms with Gasteiger partial charge in [0.05, 0.1) is 6.61 Å². The molecule has 0 bridgehead atoms. The van der Waals surface area contributed by atoms with Crippen LogP contribution in [0.5, 0.6) is 0 Å². The molecule has 3 aromatic rings. The molecule has 2 aromatic heterocycles. The Kier molecular flexibility index (Phi) is 4.46. The molecule has 3 heterocycles. The second-order valence-electron chi connectivity index (χ2n) is 6.54. The fraction of sp³-hybridized carbons (Fsp3) is 0.300. The molecule has 8 heteroatoms. The maximum atomic E-state index is 13.0. The van der Waals surface area contributed by atoms with Crippen molar-refractivity contribution < 1.29 is 18.7 Å². The van der Waals surface area contributed by atoms with Crippen LogP contribution in [0.4, 0.5) is 5.69 Å². The molecule has 28 heavy (non-hydrogen) atoms.